The second kappa shape index (κ2) is 9.18. The highest BCUT2D eigenvalue weighted by Crippen LogP contribution is 2.28. The number of anilines is 1. The number of rotatable bonds is 7. The summed E-state index contributed by atoms with van der Waals surface area (Å²) in [7, 11) is 0. The summed E-state index contributed by atoms with van der Waals surface area (Å²) in [4.78, 5) is 21.3. The van der Waals surface area contributed by atoms with Gasteiger partial charge in [-0.2, -0.15) is 5.10 Å². The van der Waals surface area contributed by atoms with Crippen molar-refractivity contribution in [2.24, 2.45) is 0 Å². The van der Waals surface area contributed by atoms with Gasteiger partial charge in [0.2, 0.25) is 5.91 Å². The molecule has 1 N–H and O–H groups in total. The third-order valence-corrected chi connectivity index (χ3v) is 5.72. The fourth-order valence-electron chi connectivity index (χ4n) is 3.33. The van der Waals surface area contributed by atoms with Crippen molar-refractivity contribution in [2.75, 3.05) is 17.7 Å². The predicted octanol–water partition coefficient (Wildman–Crippen LogP) is 4.56. The van der Waals surface area contributed by atoms with Crippen LogP contribution in [0.15, 0.2) is 60.0 Å². The van der Waals surface area contributed by atoms with Crippen LogP contribution < -0.4 is 10.1 Å². The molecular formula is C23H23N5O2S. The zero-order chi connectivity index (χ0) is 21.8. The maximum absolute atomic E-state index is 12.5. The molecule has 0 aliphatic carbocycles. The molecule has 2 aromatic carbocycles. The van der Waals surface area contributed by atoms with Crippen molar-refractivity contribution in [2.45, 2.75) is 25.8 Å². The van der Waals surface area contributed by atoms with Crippen molar-refractivity contribution < 1.29 is 9.53 Å². The number of ether oxygens (including phenoxy) is 1. The van der Waals surface area contributed by atoms with Gasteiger partial charge in [0, 0.05) is 0 Å². The lowest BCUT2D eigenvalue weighted by molar-refractivity contribution is -0.113. The third-order valence-electron chi connectivity index (χ3n) is 4.71. The van der Waals surface area contributed by atoms with Crippen LogP contribution in [0.1, 0.15) is 18.1 Å². The zero-order valence-electron chi connectivity index (χ0n) is 17.6. The second-order valence-corrected chi connectivity index (χ2v) is 7.99. The molecule has 0 saturated carbocycles. The van der Waals surface area contributed by atoms with E-state index in [9.17, 15) is 4.79 Å². The SMILES string of the molecule is CCOc1ccccc1NC(=O)CSc1ncnc2c1cnn2-c1ccc(C)cc1C. The molecular weight excluding hydrogens is 410 g/mol. The molecule has 0 radical (unpaired) electrons. The number of thioether (sulfide) groups is 1. The fraction of sp³-hybridized carbons (Fsp3) is 0.217. The van der Waals surface area contributed by atoms with Crippen LogP contribution in [-0.4, -0.2) is 38.0 Å². The van der Waals surface area contributed by atoms with Crippen LogP contribution in [0.25, 0.3) is 16.7 Å². The summed E-state index contributed by atoms with van der Waals surface area (Å²) in [6, 6.07) is 13.6. The highest BCUT2D eigenvalue weighted by atomic mass is 32.2. The quantitative estimate of drug-likeness (QED) is 0.340. The van der Waals surface area contributed by atoms with Crippen molar-refractivity contribution in [3.8, 4) is 11.4 Å². The van der Waals surface area contributed by atoms with Gasteiger partial charge in [0.05, 0.1) is 35.3 Å². The molecule has 0 unspecified atom stereocenters. The summed E-state index contributed by atoms with van der Waals surface area (Å²) in [5.41, 5.74) is 4.66. The van der Waals surface area contributed by atoms with Crippen molar-refractivity contribution in [3.63, 3.8) is 0 Å². The van der Waals surface area contributed by atoms with Gasteiger partial charge in [-0.05, 0) is 44.5 Å². The second-order valence-electron chi connectivity index (χ2n) is 7.03. The minimum absolute atomic E-state index is 0.134. The lowest BCUT2D eigenvalue weighted by atomic mass is 10.1. The number of para-hydroxylation sites is 2. The number of hydrogen-bond acceptors (Lipinski definition) is 6. The number of nitrogens with one attached hydrogen (secondary N) is 1. The zero-order valence-corrected chi connectivity index (χ0v) is 18.4. The van der Waals surface area contributed by atoms with Gasteiger partial charge in [-0.3, -0.25) is 4.79 Å². The number of carbonyl (C=O) groups excluding carboxylic acids is 1. The Labute approximate surface area is 184 Å². The third kappa shape index (κ3) is 4.54. The highest BCUT2D eigenvalue weighted by Gasteiger charge is 2.15. The summed E-state index contributed by atoms with van der Waals surface area (Å²) < 4.78 is 7.38. The molecule has 7 nitrogen and oxygen atoms in total. The van der Waals surface area contributed by atoms with E-state index in [0.717, 1.165) is 16.6 Å². The summed E-state index contributed by atoms with van der Waals surface area (Å²) in [6.07, 6.45) is 3.26. The van der Waals surface area contributed by atoms with Gasteiger partial charge in [0.15, 0.2) is 5.65 Å². The number of fused-ring (bicyclic) bond motifs is 1. The van der Waals surface area contributed by atoms with E-state index in [1.807, 2.05) is 41.9 Å². The summed E-state index contributed by atoms with van der Waals surface area (Å²) in [5, 5.41) is 8.97. The van der Waals surface area contributed by atoms with Gasteiger partial charge in [0.1, 0.15) is 17.1 Å². The van der Waals surface area contributed by atoms with Gasteiger partial charge >= 0.3 is 0 Å². The number of nitrogens with zero attached hydrogens (tertiary/aromatic N) is 4. The van der Waals surface area contributed by atoms with Crippen LogP contribution in [-0.2, 0) is 4.79 Å². The van der Waals surface area contributed by atoms with Crippen LogP contribution in [0.2, 0.25) is 0 Å². The number of aromatic nitrogens is 4. The number of amides is 1. The highest BCUT2D eigenvalue weighted by molar-refractivity contribution is 8.00. The van der Waals surface area contributed by atoms with Crippen molar-refractivity contribution in [3.05, 3.63) is 66.1 Å². The molecule has 4 aromatic rings. The Kier molecular flexibility index (Phi) is 6.18. The molecule has 31 heavy (non-hydrogen) atoms. The molecule has 0 bridgehead atoms. The van der Waals surface area contributed by atoms with Gasteiger partial charge in [-0.25, -0.2) is 14.6 Å². The van der Waals surface area contributed by atoms with Crippen molar-refractivity contribution in [1.82, 2.24) is 19.7 Å². The van der Waals surface area contributed by atoms with Gasteiger partial charge in [0.25, 0.3) is 0 Å². The Morgan fingerprint density at radius 3 is 2.81 bits per heavy atom. The first-order chi connectivity index (χ1) is 15.1. The molecule has 0 atom stereocenters. The molecule has 0 aliphatic heterocycles. The maximum atomic E-state index is 12.5. The van der Waals surface area contributed by atoms with Gasteiger partial charge < -0.3 is 10.1 Å². The van der Waals surface area contributed by atoms with Gasteiger partial charge in [-0.15, -0.1) is 0 Å². The van der Waals surface area contributed by atoms with Crippen LogP contribution in [0.4, 0.5) is 5.69 Å². The predicted molar refractivity (Wildman–Crippen MR) is 123 cm³/mol. The summed E-state index contributed by atoms with van der Waals surface area (Å²) in [5.74, 6) is 0.731. The molecule has 0 aliphatic rings. The maximum Gasteiger partial charge on any atom is 0.234 e. The molecule has 0 saturated heterocycles. The van der Waals surface area contributed by atoms with E-state index < -0.39 is 0 Å². The summed E-state index contributed by atoms with van der Waals surface area (Å²) in [6.45, 7) is 6.56. The molecule has 8 heteroatoms. The normalized spacial score (nSPS) is 10.9. The minimum atomic E-state index is -0.134. The average molecular weight is 434 g/mol. The first-order valence-corrected chi connectivity index (χ1v) is 11.0. The lowest BCUT2D eigenvalue weighted by Gasteiger charge is -2.11. The van der Waals surface area contributed by atoms with Crippen LogP contribution in [0, 0.1) is 13.8 Å². The average Bonchev–Trinajstić information content (AvgIpc) is 3.18. The van der Waals surface area contributed by atoms with E-state index in [1.165, 1.54) is 23.7 Å². The number of benzene rings is 2. The van der Waals surface area contributed by atoms with E-state index in [0.29, 0.717) is 28.7 Å². The van der Waals surface area contributed by atoms with E-state index in [2.05, 4.69) is 46.4 Å². The van der Waals surface area contributed by atoms with E-state index in [1.54, 1.807) is 6.20 Å². The number of aryl methyl sites for hydroxylation is 2. The molecule has 0 fully saturated rings. The van der Waals surface area contributed by atoms with Crippen molar-refractivity contribution in [1.29, 1.82) is 0 Å². The van der Waals surface area contributed by atoms with E-state index in [-0.39, 0.29) is 11.7 Å². The van der Waals surface area contributed by atoms with Crippen LogP contribution in [0.5, 0.6) is 5.75 Å². The Morgan fingerprint density at radius 2 is 2.00 bits per heavy atom. The standard InChI is InChI=1S/C23H23N5O2S/c1-4-30-20-8-6-5-7-18(20)27-21(29)13-31-23-17-12-26-28(22(17)24-14-25-23)19-10-9-15(2)11-16(19)3/h5-12,14H,4,13H2,1-3H3,(H,27,29). The fourth-order valence-corrected chi connectivity index (χ4v) is 4.09. The Hall–Kier alpha value is -3.39. The summed E-state index contributed by atoms with van der Waals surface area (Å²) >= 11 is 1.35. The number of carbonyl (C=O) groups is 1. The van der Waals surface area contributed by atoms with Crippen molar-refractivity contribution >= 4 is 34.4 Å². The molecule has 158 valence electrons. The monoisotopic (exact) mass is 433 g/mol. The Balaban J connectivity index is 1.52. The molecule has 4 rings (SSSR count). The molecule has 1 amide bonds. The topological polar surface area (TPSA) is 81.9 Å². The first-order valence-electron chi connectivity index (χ1n) is 9.97. The first kappa shape index (κ1) is 20.9. The molecule has 2 aromatic heterocycles. The largest absolute Gasteiger partial charge is 0.492 e. The van der Waals surface area contributed by atoms with Crippen LogP contribution >= 0.6 is 11.8 Å². The lowest BCUT2D eigenvalue weighted by Crippen LogP contribution is -2.15. The van der Waals surface area contributed by atoms with E-state index >= 15 is 0 Å². The van der Waals surface area contributed by atoms with Gasteiger partial charge in [-0.1, -0.05) is 41.6 Å². The van der Waals surface area contributed by atoms with Crippen LogP contribution in [0.3, 0.4) is 0 Å². The number of hydrogen-bond donors (Lipinski definition) is 1. The Morgan fingerprint density at radius 1 is 1.16 bits per heavy atom. The minimum Gasteiger partial charge on any atom is -0.492 e. The molecule has 0 spiro atoms. The van der Waals surface area contributed by atoms with E-state index in [4.69, 9.17) is 4.74 Å². The Bertz CT molecular complexity index is 1240. The smallest absolute Gasteiger partial charge is 0.234 e. The molecule has 2 heterocycles.